The molecule has 4 heteroatoms. The topological polar surface area (TPSA) is 40.5 Å². The minimum atomic E-state index is -1.05. The Kier molecular flexibility index (Phi) is 6.12. The number of fused-ring (bicyclic) bond motifs is 5. The normalized spacial score (nSPS) is 47.7. The van der Waals surface area contributed by atoms with Crippen molar-refractivity contribution in [3.05, 3.63) is 11.6 Å². The molecule has 0 saturated heterocycles. The average Bonchev–Trinajstić information content (AvgIpc) is 3.04. The summed E-state index contributed by atoms with van der Waals surface area (Å²) in [6.07, 6.45) is 13.1. The summed E-state index contributed by atoms with van der Waals surface area (Å²) in [4.78, 5) is 0. The van der Waals surface area contributed by atoms with E-state index in [1.165, 1.54) is 37.7 Å². The van der Waals surface area contributed by atoms with Crippen LogP contribution in [0.4, 0.5) is 0 Å². The lowest BCUT2D eigenvalue weighted by molar-refractivity contribution is -0.0621. The number of hydrogen-bond donors (Lipinski definition) is 2. The molecule has 2 nitrogen and oxygen atoms in total. The van der Waals surface area contributed by atoms with Gasteiger partial charge in [-0.2, -0.15) is 0 Å². The molecule has 3 saturated carbocycles. The molecule has 0 heterocycles. The molecule has 4 radical (unpaired) electrons. The van der Waals surface area contributed by atoms with Gasteiger partial charge in [-0.25, -0.2) is 0 Å². The molecule has 4 rings (SSSR count). The Labute approximate surface area is 193 Å². The number of hydrogen-bond acceptors (Lipinski definition) is 2. The van der Waals surface area contributed by atoms with Crippen LogP contribution in [-0.4, -0.2) is 36.9 Å². The summed E-state index contributed by atoms with van der Waals surface area (Å²) in [5.41, 5.74) is 0.0297. The fraction of sp³-hybridized carbons (Fsp3) is 0.926. The first-order valence-corrected chi connectivity index (χ1v) is 13.0. The Balaban J connectivity index is 1.49. The Morgan fingerprint density at radius 2 is 1.81 bits per heavy atom. The molecule has 0 aromatic carbocycles. The maximum absolute atomic E-state index is 10.6. The molecule has 0 amide bonds. The smallest absolute Gasteiger partial charge is 0.113 e. The molecule has 170 valence electrons. The first kappa shape index (κ1) is 23.9. The van der Waals surface area contributed by atoms with Gasteiger partial charge in [0.05, 0.1) is 0 Å². The van der Waals surface area contributed by atoms with E-state index in [4.69, 9.17) is 15.7 Å². The highest BCUT2D eigenvalue weighted by molar-refractivity contribution is 6.14. The summed E-state index contributed by atoms with van der Waals surface area (Å²) >= 11 is 0. The van der Waals surface area contributed by atoms with Gasteiger partial charge in [0.1, 0.15) is 15.7 Å². The summed E-state index contributed by atoms with van der Waals surface area (Å²) < 4.78 is 0. The first-order chi connectivity index (χ1) is 14.3. The van der Waals surface area contributed by atoms with Crippen LogP contribution in [0.5, 0.6) is 0 Å². The molecule has 0 bridgehead atoms. The summed E-state index contributed by atoms with van der Waals surface area (Å²) in [5.74, 6) is 3.75. The number of rotatable bonds is 5. The van der Waals surface area contributed by atoms with Crippen molar-refractivity contribution in [2.45, 2.75) is 110 Å². The highest BCUT2D eigenvalue weighted by Crippen LogP contribution is 2.67. The van der Waals surface area contributed by atoms with Crippen molar-refractivity contribution in [1.29, 1.82) is 0 Å². The van der Waals surface area contributed by atoms with Crippen LogP contribution in [0.25, 0.3) is 0 Å². The standard InChI is InChI=1S/C27H44B2O2/c1-17(2)27(29,31)13-10-18(3)21-8-9-22-20-7-6-19-16-26(28,30)15-14-24(19,4)23(20)11-12-25(21,22)5/h6,17-18,20-23,30-31H,7-16H2,1-5H3/t18-,20+,21-,22+,23+,24+,25-,26+,27-/m1/s1. The molecule has 0 aromatic heterocycles. The summed E-state index contributed by atoms with van der Waals surface area (Å²) in [7, 11) is 12.3. The third-order valence-corrected chi connectivity index (χ3v) is 11.0. The maximum Gasteiger partial charge on any atom is 0.113 e. The van der Waals surface area contributed by atoms with Gasteiger partial charge in [-0.3, -0.25) is 0 Å². The molecule has 0 aromatic rings. The zero-order valence-corrected chi connectivity index (χ0v) is 20.7. The molecule has 3 fully saturated rings. The van der Waals surface area contributed by atoms with Gasteiger partial charge < -0.3 is 10.2 Å². The van der Waals surface area contributed by atoms with Gasteiger partial charge in [0.15, 0.2) is 0 Å². The molecule has 31 heavy (non-hydrogen) atoms. The lowest BCUT2D eigenvalue weighted by Crippen LogP contribution is -2.52. The highest BCUT2D eigenvalue weighted by Gasteiger charge is 2.59. The van der Waals surface area contributed by atoms with E-state index in [-0.39, 0.29) is 11.3 Å². The van der Waals surface area contributed by atoms with Crippen LogP contribution < -0.4 is 0 Å². The van der Waals surface area contributed by atoms with E-state index >= 15 is 0 Å². The molecule has 2 N–H and O–H groups in total. The summed E-state index contributed by atoms with van der Waals surface area (Å²) in [6.45, 7) is 11.5. The predicted octanol–water partition coefficient (Wildman–Crippen LogP) is 5.35. The second-order valence-electron chi connectivity index (χ2n) is 12.9. The van der Waals surface area contributed by atoms with Crippen molar-refractivity contribution < 1.29 is 10.2 Å². The van der Waals surface area contributed by atoms with Crippen LogP contribution in [0.15, 0.2) is 11.6 Å². The fourth-order valence-corrected chi connectivity index (χ4v) is 8.60. The highest BCUT2D eigenvalue weighted by atomic mass is 16.3. The van der Waals surface area contributed by atoms with Crippen LogP contribution in [0.3, 0.4) is 0 Å². The van der Waals surface area contributed by atoms with Crippen molar-refractivity contribution in [3.8, 4) is 0 Å². The Morgan fingerprint density at radius 1 is 1.10 bits per heavy atom. The van der Waals surface area contributed by atoms with Gasteiger partial charge >= 0.3 is 0 Å². The van der Waals surface area contributed by atoms with E-state index in [1.54, 1.807) is 0 Å². The van der Waals surface area contributed by atoms with Gasteiger partial charge in [-0.15, -0.1) is 0 Å². The van der Waals surface area contributed by atoms with E-state index in [2.05, 4.69) is 26.8 Å². The van der Waals surface area contributed by atoms with Gasteiger partial charge in [-0.1, -0.05) is 46.3 Å². The fourth-order valence-electron chi connectivity index (χ4n) is 8.60. The Hall–Kier alpha value is -0.210. The summed E-state index contributed by atoms with van der Waals surface area (Å²) in [6, 6.07) is 0. The molecule has 4 aliphatic rings. The van der Waals surface area contributed by atoms with Crippen LogP contribution >= 0.6 is 0 Å². The van der Waals surface area contributed by atoms with Crippen LogP contribution in [0, 0.1) is 46.3 Å². The Bertz CT molecular complexity index is 714. The molecule has 9 atom stereocenters. The largest absolute Gasteiger partial charge is 0.400 e. The lowest BCUT2D eigenvalue weighted by atomic mass is 9.45. The summed E-state index contributed by atoms with van der Waals surface area (Å²) in [5, 5.41) is 21.0. The predicted molar refractivity (Wildman–Crippen MR) is 130 cm³/mol. The van der Waals surface area contributed by atoms with Crippen molar-refractivity contribution in [1.82, 2.24) is 0 Å². The van der Waals surface area contributed by atoms with Crippen molar-refractivity contribution in [2.75, 3.05) is 0 Å². The van der Waals surface area contributed by atoms with Crippen LogP contribution in [0.1, 0.15) is 98.8 Å². The SMILES string of the molecule is [B][C@]1(O)CC[C@@]2(C)C(=CC[C@H]3[C@@H]4CC[C@H]([C@H](C)CC[C@@]([B])(O)C(C)C)[C@@]4(C)CC[C@@H]32)C1. The molecule has 4 aliphatic carbocycles. The van der Waals surface area contributed by atoms with Crippen LogP contribution in [-0.2, 0) is 0 Å². The van der Waals surface area contributed by atoms with Crippen LogP contribution in [0.2, 0.25) is 0 Å². The van der Waals surface area contributed by atoms with Gasteiger partial charge in [0.2, 0.25) is 0 Å². The second kappa shape index (κ2) is 7.93. The molecule has 0 spiro atoms. The zero-order valence-electron chi connectivity index (χ0n) is 20.7. The van der Waals surface area contributed by atoms with E-state index in [0.717, 1.165) is 42.9 Å². The van der Waals surface area contributed by atoms with Gasteiger partial charge in [-0.05, 0) is 111 Å². The molecule has 0 unspecified atom stereocenters. The third-order valence-electron chi connectivity index (χ3n) is 11.0. The third kappa shape index (κ3) is 4.01. The lowest BCUT2D eigenvalue weighted by Gasteiger charge is -2.59. The molecular formula is C27H44B2O2. The van der Waals surface area contributed by atoms with Crippen molar-refractivity contribution >= 4 is 15.7 Å². The second-order valence-corrected chi connectivity index (χ2v) is 12.9. The van der Waals surface area contributed by atoms with Crippen molar-refractivity contribution in [2.24, 2.45) is 46.3 Å². The number of allylic oxidation sites excluding steroid dienone is 1. The monoisotopic (exact) mass is 422 g/mol. The van der Waals surface area contributed by atoms with E-state index < -0.39 is 11.0 Å². The van der Waals surface area contributed by atoms with Gasteiger partial charge in [0, 0.05) is 11.0 Å². The minimum absolute atomic E-state index is 0.0905. The van der Waals surface area contributed by atoms with Gasteiger partial charge in [0.25, 0.3) is 0 Å². The first-order valence-electron chi connectivity index (χ1n) is 13.0. The minimum Gasteiger partial charge on any atom is -0.400 e. The zero-order chi connectivity index (χ0) is 22.8. The Morgan fingerprint density at radius 3 is 2.48 bits per heavy atom. The molecule has 0 aliphatic heterocycles. The quantitative estimate of drug-likeness (QED) is 0.463. The molecular weight excluding hydrogens is 378 g/mol. The number of aliphatic hydroxyl groups is 2. The van der Waals surface area contributed by atoms with E-state index in [1.807, 2.05) is 13.8 Å². The van der Waals surface area contributed by atoms with E-state index in [9.17, 15) is 10.2 Å². The van der Waals surface area contributed by atoms with E-state index in [0.29, 0.717) is 24.2 Å². The van der Waals surface area contributed by atoms with Crippen molar-refractivity contribution in [3.63, 3.8) is 0 Å². The average molecular weight is 422 g/mol. The maximum atomic E-state index is 10.6.